The van der Waals surface area contributed by atoms with Gasteiger partial charge in [-0.3, -0.25) is 4.79 Å². The molecule has 0 aromatic carbocycles. The molecule has 18 heavy (non-hydrogen) atoms. The first-order chi connectivity index (χ1) is 8.41. The van der Waals surface area contributed by atoms with Crippen LogP contribution in [-0.4, -0.2) is 35.4 Å². The number of amides is 1. The van der Waals surface area contributed by atoms with Gasteiger partial charge in [-0.15, -0.1) is 0 Å². The van der Waals surface area contributed by atoms with Crippen molar-refractivity contribution in [1.82, 2.24) is 5.32 Å². The zero-order chi connectivity index (χ0) is 13.4. The maximum atomic E-state index is 12.5. The SMILES string of the molecule is CCCNC(=O)C12CCCC(CO)(C1)OC2(C)C. The fourth-order valence-corrected chi connectivity index (χ4v) is 3.72. The van der Waals surface area contributed by atoms with Crippen molar-refractivity contribution in [3.63, 3.8) is 0 Å². The molecule has 2 bridgehead atoms. The second-order valence-corrected chi connectivity index (χ2v) is 6.32. The van der Waals surface area contributed by atoms with Crippen LogP contribution in [-0.2, 0) is 9.53 Å². The van der Waals surface area contributed by atoms with Crippen molar-refractivity contribution in [1.29, 1.82) is 0 Å². The fraction of sp³-hybridized carbons (Fsp3) is 0.929. The third-order valence-electron chi connectivity index (χ3n) is 4.74. The van der Waals surface area contributed by atoms with Crippen molar-refractivity contribution < 1.29 is 14.6 Å². The average molecular weight is 255 g/mol. The first-order valence-corrected chi connectivity index (χ1v) is 7.01. The Hall–Kier alpha value is -0.610. The highest BCUT2D eigenvalue weighted by Crippen LogP contribution is 2.58. The smallest absolute Gasteiger partial charge is 0.229 e. The summed E-state index contributed by atoms with van der Waals surface area (Å²) in [4.78, 5) is 12.5. The zero-order valence-corrected chi connectivity index (χ0v) is 11.7. The molecular formula is C14H25NO3. The van der Waals surface area contributed by atoms with Crippen molar-refractivity contribution in [2.75, 3.05) is 13.2 Å². The van der Waals surface area contributed by atoms with E-state index < -0.39 is 16.6 Å². The summed E-state index contributed by atoms with van der Waals surface area (Å²) in [6, 6.07) is 0. The van der Waals surface area contributed by atoms with Crippen molar-refractivity contribution in [2.24, 2.45) is 5.41 Å². The van der Waals surface area contributed by atoms with Gasteiger partial charge in [0.05, 0.1) is 23.2 Å². The first-order valence-electron chi connectivity index (χ1n) is 7.01. The largest absolute Gasteiger partial charge is 0.393 e. The van der Waals surface area contributed by atoms with E-state index in [2.05, 4.69) is 5.32 Å². The molecule has 4 heteroatoms. The van der Waals surface area contributed by atoms with Crippen LogP contribution in [0.5, 0.6) is 0 Å². The Bertz CT molecular complexity index is 342. The van der Waals surface area contributed by atoms with E-state index in [-0.39, 0.29) is 12.5 Å². The zero-order valence-electron chi connectivity index (χ0n) is 11.7. The number of ether oxygens (including phenoxy) is 1. The van der Waals surface area contributed by atoms with Crippen molar-refractivity contribution in [2.45, 2.75) is 64.1 Å². The minimum Gasteiger partial charge on any atom is -0.393 e. The molecule has 1 aliphatic carbocycles. The lowest BCUT2D eigenvalue weighted by Crippen LogP contribution is -2.52. The number of fused-ring (bicyclic) bond motifs is 2. The topological polar surface area (TPSA) is 58.6 Å². The Balaban J connectivity index is 2.27. The quantitative estimate of drug-likeness (QED) is 0.802. The number of carbonyl (C=O) groups excluding carboxylic acids is 1. The standard InChI is InChI=1S/C14H25NO3/c1-4-8-15-11(17)14-7-5-6-13(9-14,10-16)18-12(14,2)3/h16H,4-10H2,1-3H3,(H,15,17). The molecule has 2 fully saturated rings. The van der Waals surface area contributed by atoms with Crippen molar-refractivity contribution in [3.05, 3.63) is 0 Å². The molecule has 104 valence electrons. The highest BCUT2D eigenvalue weighted by Gasteiger charge is 2.65. The Morgan fingerprint density at radius 3 is 2.72 bits per heavy atom. The number of hydrogen-bond acceptors (Lipinski definition) is 3. The van der Waals surface area contributed by atoms with Crippen LogP contribution in [0.1, 0.15) is 52.9 Å². The molecule has 1 amide bonds. The maximum absolute atomic E-state index is 12.5. The second-order valence-electron chi connectivity index (χ2n) is 6.32. The number of hydrogen-bond donors (Lipinski definition) is 2. The third kappa shape index (κ3) is 1.86. The Morgan fingerprint density at radius 2 is 2.11 bits per heavy atom. The summed E-state index contributed by atoms with van der Waals surface area (Å²) in [5.41, 5.74) is -1.46. The molecule has 0 aromatic rings. The molecule has 0 spiro atoms. The van der Waals surface area contributed by atoms with Gasteiger partial charge < -0.3 is 15.2 Å². The van der Waals surface area contributed by atoms with Gasteiger partial charge in [0, 0.05) is 6.54 Å². The molecule has 1 aliphatic heterocycles. The van der Waals surface area contributed by atoms with E-state index in [1.807, 2.05) is 20.8 Å². The number of aliphatic hydroxyl groups is 1. The summed E-state index contributed by atoms with van der Waals surface area (Å²) in [5, 5.41) is 12.6. The fourth-order valence-electron chi connectivity index (χ4n) is 3.72. The van der Waals surface area contributed by atoms with Gasteiger partial charge in [0.2, 0.25) is 5.91 Å². The lowest BCUT2D eigenvalue weighted by Gasteiger charge is -2.39. The Kier molecular flexibility index (Phi) is 3.45. The molecular weight excluding hydrogens is 230 g/mol. The van der Waals surface area contributed by atoms with Gasteiger partial charge in [0.1, 0.15) is 0 Å². The van der Waals surface area contributed by atoms with E-state index in [9.17, 15) is 9.90 Å². The van der Waals surface area contributed by atoms with Crippen LogP contribution >= 0.6 is 0 Å². The summed E-state index contributed by atoms with van der Waals surface area (Å²) < 4.78 is 6.10. The van der Waals surface area contributed by atoms with Crippen LogP contribution in [0.3, 0.4) is 0 Å². The van der Waals surface area contributed by atoms with Gasteiger partial charge in [-0.2, -0.15) is 0 Å². The number of nitrogens with one attached hydrogen (secondary N) is 1. The highest BCUT2D eigenvalue weighted by molar-refractivity contribution is 5.84. The summed E-state index contributed by atoms with van der Waals surface area (Å²) in [7, 11) is 0. The molecule has 1 saturated heterocycles. The van der Waals surface area contributed by atoms with Crippen LogP contribution < -0.4 is 5.32 Å². The minimum absolute atomic E-state index is 0.0131. The van der Waals surface area contributed by atoms with E-state index >= 15 is 0 Å². The Morgan fingerprint density at radius 1 is 1.39 bits per heavy atom. The second kappa shape index (κ2) is 4.49. The third-order valence-corrected chi connectivity index (χ3v) is 4.74. The molecule has 2 rings (SSSR count). The first kappa shape index (κ1) is 13.8. The highest BCUT2D eigenvalue weighted by atomic mass is 16.5. The van der Waals surface area contributed by atoms with Gasteiger partial charge in [-0.25, -0.2) is 0 Å². The summed E-state index contributed by atoms with van der Waals surface area (Å²) in [5.74, 6) is 0.101. The molecule has 1 heterocycles. The number of carbonyl (C=O) groups is 1. The predicted molar refractivity (Wildman–Crippen MR) is 69.2 cm³/mol. The van der Waals surface area contributed by atoms with Crippen LogP contribution in [0.4, 0.5) is 0 Å². The van der Waals surface area contributed by atoms with Crippen molar-refractivity contribution >= 4 is 5.91 Å². The van der Waals surface area contributed by atoms with E-state index in [1.54, 1.807) is 0 Å². The maximum Gasteiger partial charge on any atom is 0.229 e. The van der Waals surface area contributed by atoms with Crippen LogP contribution in [0, 0.1) is 5.41 Å². The summed E-state index contributed by atoms with van der Waals surface area (Å²) in [6.45, 7) is 6.75. The van der Waals surface area contributed by atoms with Gasteiger partial charge >= 0.3 is 0 Å². The molecule has 2 N–H and O–H groups in total. The van der Waals surface area contributed by atoms with E-state index in [1.165, 1.54) is 0 Å². The van der Waals surface area contributed by atoms with Gasteiger partial charge in [0.25, 0.3) is 0 Å². The number of aliphatic hydroxyl groups excluding tert-OH is 1. The van der Waals surface area contributed by atoms with Gasteiger partial charge in [-0.1, -0.05) is 6.92 Å². The molecule has 4 nitrogen and oxygen atoms in total. The summed E-state index contributed by atoms with van der Waals surface area (Å²) in [6.07, 6.45) is 4.25. The molecule has 0 aromatic heterocycles. The number of rotatable bonds is 4. The molecule has 2 atom stereocenters. The van der Waals surface area contributed by atoms with Crippen molar-refractivity contribution in [3.8, 4) is 0 Å². The van der Waals surface area contributed by atoms with E-state index in [0.29, 0.717) is 13.0 Å². The van der Waals surface area contributed by atoms with Crippen LogP contribution in [0.15, 0.2) is 0 Å². The molecule has 0 radical (unpaired) electrons. The van der Waals surface area contributed by atoms with Crippen LogP contribution in [0.25, 0.3) is 0 Å². The van der Waals surface area contributed by atoms with E-state index in [0.717, 1.165) is 25.7 Å². The average Bonchev–Trinajstić information content (AvgIpc) is 2.51. The molecule has 2 unspecified atom stereocenters. The lowest BCUT2D eigenvalue weighted by atomic mass is 9.63. The minimum atomic E-state index is -0.496. The van der Waals surface area contributed by atoms with Gasteiger partial charge in [-0.05, 0) is 46.0 Å². The normalized spacial score (nSPS) is 37.6. The van der Waals surface area contributed by atoms with Crippen LogP contribution in [0.2, 0.25) is 0 Å². The van der Waals surface area contributed by atoms with Gasteiger partial charge in [0.15, 0.2) is 0 Å². The summed E-state index contributed by atoms with van der Waals surface area (Å²) >= 11 is 0. The van der Waals surface area contributed by atoms with E-state index in [4.69, 9.17) is 4.74 Å². The Labute approximate surface area is 109 Å². The molecule has 1 saturated carbocycles. The lowest BCUT2D eigenvalue weighted by molar-refractivity contribution is -0.145. The predicted octanol–water partition coefficient (Wildman–Crippen LogP) is 1.61. The molecule has 2 aliphatic rings. The monoisotopic (exact) mass is 255 g/mol.